The summed E-state index contributed by atoms with van der Waals surface area (Å²) in [6.07, 6.45) is 3.65. The number of thioether (sulfide) groups is 1. The van der Waals surface area contributed by atoms with Gasteiger partial charge in [-0.3, -0.25) is 4.68 Å². The summed E-state index contributed by atoms with van der Waals surface area (Å²) >= 11 is 1.82. The number of aryl methyl sites for hydroxylation is 1. The van der Waals surface area contributed by atoms with Gasteiger partial charge in [0, 0.05) is 30.3 Å². The third-order valence-electron chi connectivity index (χ3n) is 2.57. The smallest absolute Gasteiger partial charge is 0.164 e. The minimum atomic E-state index is 0.605. The standard InChI is InChI=1S/C10H11N5S/c1-15-3-6(2-12-15)10-13-8-5-16-4-7(8)9(11)14-10/h2-3H,4-5H2,1H3,(H2,11,13,14). The fourth-order valence-corrected chi connectivity index (χ4v) is 2.79. The first-order valence-corrected chi connectivity index (χ1v) is 6.11. The Labute approximate surface area is 97.1 Å². The predicted octanol–water partition coefficient (Wildman–Crippen LogP) is 1.21. The maximum Gasteiger partial charge on any atom is 0.164 e. The van der Waals surface area contributed by atoms with Crippen molar-refractivity contribution in [2.75, 3.05) is 5.73 Å². The van der Waals surface area contributed by atoms with Gasteiger partial charge in [0.2, 0.25) is 0 Å². The first-order chi connectivity index (χ1) is 7.74. The highest BCUT2D eigenvalue weighted by atomic mass is 32.2. The molecule has 0 aliphatic carbocycles. The minimum absolute atomic E-state index is 0.605. The van der Waals surface area contributed by atoms with E-state index in [1.54, 1.807) is 10.9 Å². The summed E-state index contributed by atoms with van der Waals surface area (Å²) < 4.78 is 1.73. The van der Waals surface area contributed by atoms with E-state index < -0.39 is 0 Å². The Hall–Kier alpha value is -1.56. The summed E-state index contributed by atoms with van der Waals surface area (Å²) in [5.74, 6) is 3.13. The average molecular weight is 233 g/mol. The van der Waals surface area contributed by atoms with Gasteiger partial charge in [-0.15, -0.1) is 0 Å². The van der Waals surface area contributed by atoms with Crippen molar-refractivity contribution >= 4 is 17.6 Å². The SMILES string of the molecule is Cn1cc(-c2nc(N)c3c(n2)CSC3)cn1. The Morgan fingerprint density at radius 2 is 2.25 bits per heavy atom. The largest absolute Gasteiger partial charge is 0.383 e. The number of rotatable bonds is 1. The van der Waals surface area contributed by atoms with Gasteiger partial charge in [-0.1, -0.05) is 0 Å². The Bertz CT molecular complexity index is 548. The number of nitrogen functional groups attached to an aromatic ring is 1. The molecule has 0 amide bonds. The number of hydrogen-bond acceptors (Lipinski definition) is 5. The van der Waals surface area contributed by atoms with Gasteiger partial charge in [-0.05, 0) is 0 Å². The molecule has 1 aliphatic heterocycles. The lowest BCUT2D eigenvalue weighted by Gasteiger charge is -2.03. The Morgan fingerprint density at radius 1 is 1.38 bits per heavy atom. The van der Waals surface area contributed by atoms with E-state index in [-0.39, 0.29) is 0 Å². The first-order valence-electron chi connectivity index (χ1n) is 4.96. The molecule has 3 heterocycles. The van der Waals surface area contributed by atoms with Crippen molar-refractivity contribution in [3.8, 4) is 11.4 Å². The molecular weight excluding hydrogens is 222 g/mol. The van der Waals surface area contributed by atoms with Gasteiger partial charge in [-0.2, -0.15) is 16.9 Å². The molecule has 0 saturated carbocycles. The van der Waals surface area contributed by atoms with Crippen molar-refractivity contribution < 1.29 is 0 Å². The second-order valence-electron chi connectivity index (χ2n) is 3.75. The van der Waals surface area contributed by atoms with E-state index in [9.17, 15) is 0 Å². The van der Waals surface area contributed by atoms with Crippen molar-refractivity contribution in [1.29, 1.82) is 0 Å². The van der Waals surface area contributed by atoms with Crippen LogP contribution in [0, 0.1) is 0 Å². The molecule has 0 bridgehead atoms. The van der Waals surface area contributed by atoms with E-state index in [0.717, 1.165) is 28.3 Å². The summed E-state index contributed by atoms with van der Waals surface area (Å²) in [5, 5.41) is 4.11. The first kappa shape index (κ1) is 9.65. The van der Waals surface area contributed by atoms with E-state index in [1.165, 1.54) is 0 Å². The van der Waals surface area contributed by atoms with Crippen LogP contribution in [0.4, 0.5) is 5.82 Å². The van der Waals surface area contributed by atoms with Crippen LogP contribution in [0.25, 0.3) is 11.4 Å². The predicted molar refractivity (Wildman–Crippen MR) is 63.6 cm³/mol. The van der Waals surface area contributed by atoms with Gasteiger partial charge in [-0.25, -0.2) is 9.97 Å². The highest BCUT2D eigenvalue weighted by Crippen LogP contribution is 2.32. The number of anilines is 1. The van der Waals surface area contributed by atoms with Gasteiger partial charge in [0.1, 0.15) is 5.82 Å². The molecule has 0 spiro atoms. The summed E-state index contributed by atoms with van der Waals surface area (Å²) in [6, 6.07) is 0. The zero-order chi connectivity index (χ0) is 11.1. The Morgan fingerprint density at radius 3 is 3.00 bits per heavy atom. The minimum Gasteiger partial charge on any atom is -0.383 e. The van der Waals surface area contributed by atoms with Crippen LogP contribution in [0.2, 0.25) is 0 Å². The Balaban J connectivity index is 2.12. The maximum atomic E-state index is 5.93. The van der Waals surface area contributed by atoms with Gasteiger partial charge in [0.05, 0.1) is 17.5 Å². The summed E-state index contributed by atoms with van der Waals surface area (Å²) in [6.45, 7) is 0. The van der Waals surface area contributed by atoms with Gasteiger partial charge in [0.25, 0.3) is 0 Å². The van der Waals surface area contributed by atoms with Crippen molar-refractivity contribution in [3.63, 3.8) is 0 Å². The normalized spacial score (nSPS) is 14.1. The van der Waals surface area contributed by atoms with Crippen LogP contribution in [0.3, 0.4) is 0 Å². The summed E-state index contributed by atoms with van der Waals surface area (Å²) in [5.41, 5.74) is 9.00. The Kier molecular flexibility index (Phi) is 2.10. The monoisotopic (exact) mass is 233 g/mol. The molecular formula is C10H11N5S. The lowest BCUT2D eigenvalue weighted by molar-refractivity contribution is 0.768. The number of fused-ring (bicyclic) bond motifs is 1. The molecule has 1 aliphatic rings. The van der Waals surface area contributed by atoms with Crippen LogP contribution in [-0.2, 0) is 18.6 Å². The van der Waals surface area contributed by atoms with E-state index in [2.05, 4.69) is 15.1 Å². The molecule has 16 heavy (non-hydrogen) atoms. The summed E-state index contributed by atoms with van der Waals surface area (Å²) in [4.78, 5) is 8.86. The molecule has 82 valence electrons. The molecule has 0 fully saturated rings. The molecule has 2 N–H and O–H groups in total. The molecule has 6 heteroatoms. The lowest BCUT2D eigenvalue weighted by atomic mass is 10.2. The molecule has 5 nitrogen and oxygen atoms in total. The molecule has 0 radical (unpaired) electrons. The van der Waals surface area contributed by atoms with Crippen molar-refractivity contribution in [2.24, 2.45) is 7.05 Å². The lowest BCUT2D eigenvalue weighted by Crippen LogP contribution is -2.02. The molecule has 2 aromatic heterocycles. The third kappa shape index (κ3) is 1.46. The molecule has 3 rings (SSSR count). The second kappa shape index (κ2) is 3.48. The van der Waals surface area contributed by atoms with Crippen molar-refractivity contribution in [3.05, 3.63) is 23.7 Å². The number of aromatic nitrogens is 4. The van der Waals surface area contributed by atoms with Crippen LogP contribution in [0.5, 0.6) is 0 Å². The molecule has 0 unspecified atom stereocenters. The van der Waals surface area contributed by atoms with E-state index in [4.69, 9.17) is 5.73 Å². The van der Waals surface area contributed by atoms with Gasteiger partial charge < -0.3 is 5.73 Å². The topological polar surface area (TPSA) is 69.6 Å². The second-order valence-corrected chi connectivity index (χ2v) is 4.74. The van der Waals surface area contributed by atoms with Crippen LogP contribution in [0.1, 0.15) is 11.3 Å². The molecule has 0 atom stereocenters. The number of nitrogens with zero attached hydrogens (tertiary/aromatic N) is 4. The van der Waals surface area contributed by atoms with Crippen molar-refractivity contribution in [2.45, 2.75) is 11.5 Å². The quantitative estimate of drug-likeness (QED) is 0.801. The zero-order valence-electron chi connectivity index (χ0n) is 8.84. The van der Waals surface area contributed by atoms with E-state index >= 15 is 0 Å². The fraction of sp³-hybridized carbons (Fsp3) is 0.300. The molecule has 0 saturated heterocycles. The van der Waals surface area contributed by atoms with E-state index in [0.29, 0.717) is 11.6 Å². The average Bonchev–Trinajstić information content (AvgIpc) is 2.85. The van der Waals surface area contributed by atoms with E-state index in [1.807, 2.05) is 25.0 Å². The van der Waals surface area contributed by atoms with Crippen molar-refractivity contribution in [1.82, 2.24) is 19.7 Å². The van der Waals surface area contributed by atoms with Crippen LogP contribution in [0.15, 0.2) is 12.4 Å². The number of nitrogens with two attached hydrogens (primary N) is 1. The fourth-order valence-electron chi connectivity index (χ4n) is 1.74. The summed E-state index contributed by atoms with van der Waals surface area (Å²) in [7, 11) is 1.87. The highest BCUT2D eigenvalue weighted by molar-refractivity contribution is 7.98. The third-order valence-corrected chi connectivity index (χ3v) is 3.54. The maximum absolute atomic E-state index is 5.93. The van der Waals surface area contributed by atoms with Gasteiger partial charge >= 0.3 is 0 Å². The van der Waals surface area contributed by atoms with Crippen LogP contribution in [-0.4, -0.2) is 19.7 Å². The van der Waals surface area contributed by atoms with Crippen LogP contribution >= 0.6 is 11.8 Å². The molecule has 0 aromatic carbocycles. The van der Waals surface area contributed by atoms with Gasteiger partial charge in [0.15, 0.2) is 5.82 Å². The van der Waals surface area contributed by atoms with Crippen LogP contribution < -0.4 is 5.73 Å². The zero-order valence-corrected chi connectivity index (χ0v) is 9.66. The number of hydrogen-bond donors (Lipinski definition) is 1. The highest BCUT2D eigenvalue weighted by Gasteiger charge is 2.18. The molecule has 2 aromatic rings.